The van der Waals surface area contributed by atoms with Gasteiger partial charge in [0.05, 0.1) is 16.6 Å². The van der Waals surface area contributed by atoms with Crippen LogP contribution in [0.4, 0.5) is 5.69 Å². The summed E-state index contributed by atoms with van der Waals surface area (Å²) in [6.45, 7) is 10.3. The van der Waals surface area contributed by atoms with Gasteiger partial charge in [0.15, 0.2) is 0 Å². The Morgan fingerprint density at radius 3 is 2.33 bits per heavy atom. The maximum atomic E-state index is 12.6. The van der Waals surface area contributed by atoms with Crippen molar-refractivity contribution in [3.05, 3.63) is 23.8 Å². The highest BCUT2D eigenvalue weighted by molar-refractivity contribution is 6.62. The first-order chi connectivity index (χ1) is 11.1. The van der Waals surface area contributed by atoms with Gasteiger partial charge in [-0.05, 0) is 64.1 Å². The van der Waals surface area contributed by atoms with Crippen molar-refractivity contribution in [3.63, 3.8) is 0 Å². The molecule has 1 aromatic carbocycles. The molecule has 5 heteroatoms. The largest absolute Gasteiger partial charge is 0.494 e. The standard InChI is InChI=1S/C19H26BNO3/c1-17(2)18(3,4)24-20(23-17)13-8-9-15-14(10-13)19(5,16(22)21-15)11-12-6-7-12/h8-10,12H,6-7,11H2,1-5H3,(H,21,22). The minimum Gasteiger partial charge on any atom is -0.399 e. The third-order valence-electron chi connectivity index (χ3n) is 6.31. The average Bonchev–Trinajstić information content (AvgIpc) is 3.20. The number of fused-ring (bicyclic) bond motifs is 1. The molecule has 1 aromatic rings. The van der Waals surface area contributed by atoms with Gasteiger partial charge in [0, 0.05) is 5.69 Å². The van der Waals surface area contributed by atoms with E-state index in [-0.39, 0.29) is 24.2 Å². The maximum absolute atomic E-state index is 12.6. The average molecular weight is 327 g/mol. The SMILES string of the molecule is CC1(CC2CC2)C(=O)Nc2ccc(B3OC(C)(C)C(C)(C)O3)cc21. The van der Waals surface area contributed by atoms with E-state index in [2.05, 4.69) is 46.0 Å². The molecule has 4 nitrogen and oxygen atoms in total. The summed E-state index contributed by atoms with van der Waals surface area (Å²) in [6, 6.07) is 6.10. The fourth-order valence-corrected chi connectivity index (χ4v) is 3.74. The maximum Gasteiger partial charge on any atom is 0.494 e. The van der Waals surface area contributed by atoms with E-state index in [0.29, 0.717) is 5.92 Å². The molecule has 2 heterocycles. The number of benzene rings is 1. The second-order valence-electron chi connectivity index (χ2n) is 8.83. The van der Waals surface area contributed by atoms with Gasteiger partial charge in [0.1, 0.15) is 0 Å². The molecule has 0 radical (unpaired) electrons. The second-order valence-corrected chi connectivity index (χ2v) is 8.83. The summed E-state index contributed by atoms with van der Waals surface area (Å²) >= 11 is 0. The molecule has 1 saturated carbocycles. The molecule has 0 bridgehead atoms. The van der Waals surface area contributed by atoms with Gasteiger partial charge in [-0.15, -0.1) is 0 Å². The van der Waals surface area contributed by atoms with Crippen molar-refractivity contribution < 1.29 is 14.1 Å². The number of hydrogen-bond donors (Lipinski definition) is 1. The topological polar surface area (TPSA) is 47.6 Å². The van der Waals surface area contributed by atoms with Crippen LogP contribution in [0, 0.1) is 5.92 Å². The van der Waals surface area contributed by atoms with Crippen molar-refractivity contribution >= 4 is 24.2 Å². The third kappa shape index (κ3) is 2.32. The molecule has 1 atom stereocenters. The highest BCUT2D eigenvalue weighted by Crippen LogP contribution is 2.47. The van der Waals surface area contributed by atoms with Crippen LogP contribution in [-0.4, -0.2) is 24.2 Å². The Labute approximate surface area is 144 Å². The number of anilines is 1. The van der Waals surface area contributed by atoms with E-state index >= 15 is 0 Å². The second kappa shape index (κ2) is 4.86. The summed E-state index contributed by atoms with van der Waals surface area (Å²) in [5.41, 5.74) is 1.86. The lowest BCUT2D eigenvalue weighted by Crippen LogP contribution is -2.41. The van der Waals surface area contributed by atoms with Gasteiger partial charge in [0.2, 0.25) is 5.91 Å². The van der Waals surface area contributed by atoms with Crippen LogP contribution in [0.1, 0.15) is 59.4 Å². The molecule has 1 unspecified atom stereocenters. The highest BCUT2D eigenvalue weighted by atomic mass is 16.7. The summed E-state index contributed by atoms with van der Waals surface area (Å²) in [4.78, 5) is 12.6. The van der Waals surface area contributed by atoms with Gasteiger partial charge >= 0.3 is 7.12 Å². The Hall–Kier alpha value is -1.33. The zero-order chi connectivity index (χ0) is 17.3. The lowest BCUT2D eigenvalue weighted by molar-refractivity contribution is -0.120. The van der Waals surface area contributed by atoms with Gasteiger partial charge in [-0.1, -0.05) is 25.0 Å². The van der Waals surface area contributed by atoms with E-state index in [1.54, 1.807) is 0 Å². The number of hydrogen-bond acceptors (Lipinski definition) is 3. The minimum absolute atomic E-state index is 0.121. The van der Waals surface area contributed by atoms with Crippen molar-refractivity contribution in [1.29, 1.82) is 0 Å². The number of rotatable bonds is 3. The summed E-state index contributed by atoms with van der Waals surface area (Å²) in [5, 5.41) is 3.05. The molecule has 0 spiro atoms. The first kappa shape index (κ1) is 16.2. The van der Waals surface area contributed by atoms with E-state index < -0.39 is 5.41 Å². The van der Waals surface area contributed by atoms with E-state index in [0.717, 1.165) is 23.1 Å². The van der Waals surface area contributed by atoms with Crippen LogP contribution in [0.15, 0.2) is 18.2 Å². The molecule has 128 valence electrons. The van der Waals surface area contributed by atoms with E-state index in [1.807, 2.05) is 12.1 Å². The molecule has 1 N–H and O–H groups in total. The summed E-state index contributed by atoms with van der Waals surface area (Å²) in [7, 11) is -0.388. The zero-order valence-electron chi connectivity index (χ0n) is 15.2. The van der Waals surface area contributed by atoms with Gasteiger partial charge in [-0.2, -0.15) is 0 Å². The summed E-state index contributed by atoms with van der Waals surface area (Å²) < 4.78 is 12.3. The molecular weight excluding hydrogens is 301 g/mol. The normalized spacial score (nSPS) is 30.4. The lowest BCUT2D eigenvalue weighted by atomic mass is 9.73. The van der Waals surface area contributed by atoms with Crippen LogP contribution in [0.5, 0.6) is 0 Å². The first-order valence-corrected chi connectivity index (χ1v) is 8.94. The molecule has 1 aliphatic carbocycles. The highest BCUT2D eigenvalue weighted by Gasteiger charge is 2.52. The molecule has 0 aromatic heterocycles. The Balaban J connectivity index is 1.68. The monoisotopic (exact) mass is 327 g/mol. The summed E-state index contributed by atoms with van der Waals surface area (Å²) in [5.74, 6) is 0.808. The van der Waals surface area contributed by atoms with Crippen LogP contribution < -0.4 is 10.8 Å². The Bertz CT molecular complexity index is 695. The van der Waals surface area contributed by atoms with E-state index in [1.165, 1.54) is 12.8 Å². The first-order valence-electron chi connectivity index (χ1n) is 8.94. The fourth-order valence-electron chi connectivity index (χ4n) is 3.74. The van der Waals surface area contributed by atoms with Crippen molar-refractivity contribution in [2.75, 3.05) is 5.32 Å². The molecule has 4 rings (SSSR count). The minimum atomic E-state index is -0.434. The molecule has 3 aliphatic rings. The summed E-state index contributed by atoms with van der Waals surface area (Å²) in [6.07, 6.45) is 3.42. The van der Waals surface area contributed by atoms with E-state index in [4.69, 9.17) is 9.31 Å². The molecule has 1 saturated heterocycles. The number of amides is 1. The van der Waals surface area contributed by atoms with Gasteiger partial charge in [0.25, 0.3) is 0 Å². The molecule has 2 fully saturated rings. The Morgan fingerprint density at radius 2 is 1.75 bits per heavy atom. The molecular formula is C19H26BNO3. The predicted molar refractivity (Wildman–Crippen MR) is 95.5 cm³/mol. The van der Waals surface area contributed by atoms with Crippen LogP contribution in [0.3, 0.4) is 0 Å². The molecule has 1 amide bonds. The van der Waals surface area contributed by atoms with E-state index in [9.17, 15) is 4.79 Å². The quantitative estimate of drug-likeness (QED) is 0.868. The van der Waals surface area contributed by atoms with Crippen LogP contribution in [0.2, 0.25) is 0 Å². The van der Waals surface area contributed by atoms with Crippen molar-refractivity contribution in [2.24, 2.45) is 5.92 Å². The smallest absolute Gasteiger partial charge is 0.399 e. The lowest BCUT2D eigenvalue weighted by Gasteiger charge is -2.32. The van der Waals surface area contributed by atoms with Crippen LogP contribution in [-0.2, 0) is 19.5 Å². The van der Waals surface area contributed by atoms with Crippen LogP contribution in [0.25, 0.3) is 0 Å². The van der Waals surface area contributed by atoms with Gasteiger partial charge in [-0.3, -0.25) is 4.79 Å². The van der Waals surface area contributed by atoms with Crippen molar-refractivity contribution in [3.8, 4) is 0 Å². The predicted octanol–water partition coefficient (Wildman–Crippen LogP) is 3.00. The molecule has 24 heavy (non-hydrogen) atoms. The van der Waals surface area contributed by atoms with Crippen molar-refractivity contribution in [1.82, 2.24) is 0 Å². The van der Waals surface area contributed by atoms with Crippen molar-refractivity contribution in [2.45, 2.75) is 70.5 Å². The van der Waals surface area contributed by atoms with Crippen LogP contribution >= 0.6 is 0 Å². The Morgan fingerprint density at radius 1 is 1.12 bits per heavy atom. The Kier molecular flexibility index (Phi) is 3.27. The van der Waals surface area contributed by atoms with Gasteiger partial charge < -0.3 is 14.6 Å². The molecule has 2 aliphatic heterocycles. The number of carbonyl (C=O) groups excluding carboxylic acids is 1. The zero-order valence-corrected chi connectivity index (χ0v) is 15.2. The third-order valence-corrected chi connectivity index (χ3v) is 6.31. The fraction of sp³-hybridized carbons (Fsp3) is 0.632. The number of nitrogens with one attached hydrogen (secondary N) is 1. The van der Waals surface area contributed by atoms with Gasteiger partial charge in [-0.25, -0.2) is 0 Å². The number of carbonyl (C=O) groups is 1.